The zero-order valence-electron chi connectivity index (χ0n) is 13.5. The number of nitro groups is 1. The third-order valence-electron chi connectivity index (χ3n) is 3.21. The van der Waals surface area contributed by atoms with Gasteiger partial charge in [-0.15, -0.1) is 11.3 Å². The Hall–Kier alpha value is -1.97. The molecule has 0 spiro atoms. The largest absolute Gasteiger partial charge is 0.372 e. The van der Waals surface area contributed by atoms with Gasteiger partial charge in [-0.05, 0) is 44.4 Å². The molecule has 0 aliphatic heterocycles. The molecule has 0 amide bonds. The van der Waals surface area contributed by atoms with Crippen LogP contribution in [-0.4, -0.2) is 19.4 Å². The van der Waals surface area contributed by atoms with Crippen LogP contribution in [0.4, 0.5) is 11.4 Å². The Morgan fingerprint density at radius 2 is 1.92 bits per heavy atom. The number of anilines is 1. The number of nitro benzene ring substituents is 1. The standard InChI is InChI=1S/C15H19N3O4S2/c1-10(2)17-24(21,22)12-6-7-13(14(9-12)18(19)20)16-11(3)15-5-4-8-23-15/h4-11,16-17H,1-3H3/t11-/m1/s1. The van der Waals surface area contributed by atoms with Gasteiger partial charge in [-0.25, -0.2) is 13.1 Å². The Balaban J connectivity index is 2.35. The van der Waals surface area contributed by atoms with E-state index in [0.29, 0.717) is 0 Å². The van der Waals surface area contributed by atoms with E-state index in [0.717, 1.165) is 10.9 Å². The Bertz CT molecular complexity index is 817. The molecule has 0 radical (unpaired) electrons. The predicted molar refractivity (Wildman–Crippen MR) is 94.9 cm³/mol. The molecule has 1 aromatic heterocycles. The quantitative estimate of drug-likeness (QED) is 0.574. The smallest absolute Gasteiger partial charge is 0.293 e. The molecule has 0 unspecified atom stereocenters. The molecule has 1 heterocycles. The average molecular weight is 369 g/mol. The fourth-order valence-electron chi connectivity index (χ4n) is 2.17. The first-order valence-electron chi connectivity index (χ1n) is 7.31. The lowest BCUT2D eigenvalue weighted by Gasteiger charge is -2.15. The van der Waals surface area contributed by atoms with Gasteiger partial charge in [0.05, 0.1) is 15.9 Å². The molecule has 0 saturated carbocycles. The molecule has 7 nitrogen and oxygen atoms in total. The summed E-state index contributed by atoms with van der Waals surface area (Å²) >= 11 is 1.54. The van der Waals surface area contributed by atoms with Crippen molar-refractivity contribution in [2.24, 2.45) is 0 Å². The van der Waals surface area contributed by atoms with E-state index in [2.05, 4.69) is 10.0 Å². The SMILES string of the molecule is CC(C)NS(=O)(=O)c1ccc(N[C@H](C)c2cccs2)c([N+](=O)[O-])c1. The van der Waals surface area contributed by atoms with Crippen LogP contribution in [0.2, 0.25) is 0 Å². The van der Waals surface area contributed by atoms with Crippen LogP contribution in [0, 0.1) is 10.1 Å². The molecule has 1 aromatic carbocycles. The lowest BCUT2D eigenvalue weighted by atomic mass is 10.2. The van der Waals surface area contributed by atoms with Crippen molar-refractivity contribution >= 4 is 32.7 Å². The van der Waals surface area contributed by atoms with E-state index in [-0.39, 0.29) is 28.4 Å². The van der Waals surface area contributed by atoms with E-state index in [9.17, 15) is 18.5 Å². The van der Waals surface area contributed by atoms with E-state index in [1.54, 1.807) is 25.2 Å². The molecular formula is C15H19N3O4S2. The number of rotatable bonds is 7. The number of nitrogens with one attached hydrogen (secondary N) is 2. The van der Waals surface area contributed by atoms with Crippen molar-refractivity contribution in [2.75, 3.05) is 5.32 Å². The van der Waals surface area contributed by atoms with E-state index >= 15 is 0 Å². The minimum Gasteiger partial charge on any atom is -0.372 e. The van der Waals surface area contributed by atoms with Gasteiger partial charge in [0.1, 0.15) is 5.69 Å². The first kappa shape index (κ1) is 18.4. The zero-order chi connectivity index (χ0) is 17.9. The van der Waals surface area contributed by atoms with Crippen LogP contribution in [0.25, 0.3) is 0 Å². The molecule has 0 saturated heterocycles. The zero-order valence-corrected chi connectivity index (χ0v) is 15.1. The summed E-state index contributed by atoms with van der Waals surface area (Å²) in [6.45, 7) is 5.26. The van der Waals surface area contributed by atoms with Crippen LogP contribution in [-0.2, 0) is 10.0 Å². The van der Waals surface area contributed by atoms with Gasteiger partial charge in [0.15, 0.2) is 0 Å². The molecule has 2 aromatic rings. The highest BCUT2D eigenvalue weighted by Crippen LogP contribution is 2.31. The van der Waals surface area contributed by atoms with Crippen LogP contribution in [0.1, 0.15) is 31.7 Å². The molecule has 9 heteroatoms. The van der Waals surface area contributed by atoms with Gasteiger partial charge < -0.3 is 5.32 Å². The van der Waals surface area contributed by atoms with Gasteiger partial charge in [0.25, 0.3) is 5.69 Å². The van der Waals surface area contributed by atoms with E-state index in [4.69, 9.17) is 0 Å². The second-order valence-electron chi connectivity index (χ2n) is 5.59. The molecule has 0 aliphatic carbocycles. The van der Waals surface area contributed by atoms with Crippen molar-refractivity contribution in [1.29, 1.82) is 0 Å². The molecule has 2 rings (SSSR count). The van der Waals surface area contributed by atoms with Crippen molar-refractivity contribution in [3.63, 3.8) is 0 Å². The summed E-state index contributed by atoms with van der Waals surface area (Å²) in [6.07, 6.45) is 0. The predicted octanol–water partition coefficient (Wildman–Crippen LogP) is 3.52. The topological polar surface area (TPSA) is 101 Å². The lowest BCUT2D eigenvalue weighted by Crippen LogP contribution is -2.30. The highest BCUT2D eigenvalue weighted by atomic mass is 32.2. The third kappa shape index (κ3) is 4.31. The summed E-state index contributed by atoms with van der Waals surface area (Å²) in [5.74, 6) is 0. The molecule has 0 aliphatic rings. The second kappa shape index (κ2) is 7.29. The van der Waals surface area contributed by atoms with Crippen LogP contribution >= 0.6 is 11.3 Å². The normalized spacial score (nSPS) is 13.0. The van der Waals surface area contributed by atoms with Crippen LogP contribution in [0.5, 0.6) is 0 Å². The monoisotopic (exact) mass is 369 g/mol. The Morgan fingerprint density at radius 1 is 1.21 bits per heavy atom. The summed E-state index contributed by atoms with van der Waals surface area (Å²) in [4.78, 5) is 11.7. The Morgan fingerprint density at radius 3 is 2.46 bits per heavy atom. The molecule has 1 atom stereocenters. The maximum Gasteiger partial charge on any atom is 0.293 e. The number of thiophene rings is 1. The maximum atomic E-state index is 12.2. The van der Waals surface area contributed by atoms with Gasteiger partial charge in [-0.2, -0.15) is 0 Å². The average Bonchev–Trinajstić information content (AvgIpc) is 3.00. The van der Waals surface area contributed by atoms with Gasteiger partial charge in [0.2, 0.25) is 10.0 Å². The molecule has 0 bridgehead atoms. The molecule has 0 fully saturated rings. The van der Waals surface area contributed by atoms with Crippen molar-refractivity contribution in [2.45, 2.75) is 37.8 Å². The van der Waals surface area contributed by atoms with Crippen molar-refractivity contribution < 1.29 is 13.3 Å². The van der Waals surface area contributed by atoms with Gasteiger partial charge in [0, 0.05) is 17.0 Å². The Labute approximate surface area is 144 Å². The molecular weight excluding hydrogens is 350 g/mol. The number of nitrogens with zero attached hydrogens (tertiary/aromatic N) is 1. The minimum absolute atomic E-state index is 0.125. The number of sulfonamides is 1. The van der Waals surface area contributed by atoms with Gasteiger partial charge in [-0.1, -0.05) is 6.07 Å². The minimum atomic E-state index is -3.78. The summed E-state index contributed by atoms with van der Waals surface area (Å²) in [6, 6.07) is 7.27. The van der Waals surface area contributed by atoms with Crippen molar-refractivity contribution in [3.05, 3.63) is 50.7 Å². The maximum absolute atomic E-state index is 12.2. The molecule has 130 valence electrons. The first-order valence-corrected chi connectivity index (χ1v) is 9.67. The number of hydrogen-bond acceptors (Lipinski definition) is 6. The van der Waals surface area contributed by atoms with Gasteiger partial charge in [-0.3, -0.25) is 10.1 Å². The molecule has 2 N–H and O–H groups in total. The third-order valence-corrected chi connectivity index (χ3v) is 5.92. The van der Waals surface area contributed by atoms with Crippen LogP contribution < -0.4 is 10.0 Å². The second-order valence-corrected chi connectivity index (χ2v) is 8.29. The highest BCUT2D eigenvalue weighted by Gasteiger charge is 2.23. The van der Waals surface area contributed by atoms with Crippen molar-refractivity contribution in [3.8, 4) is 0 Å². The van der Waals surface area contributed by atoms with E-state index in [1.807, 2.05) is 24.4 Å². The fraction of sp³-hybridized carbons (Fsp3) is 0.333. The Kier molecular flexibility index (Phi) is 5.58. The highest BCUT2D eigenvalue weighted by molar-refractivity contribution is 7.89. The van der Waals surface area contributed by atoms with Crippen LogP contribution in [0.15, 0.2) is 40.6 Å². The lowest BCUT2D eigenvalue weighted by molar-refractivity contribution is -0.384. The summed E-state index contributed by atoms with van der Waals surface area (Å²) < 4.78 is 26.8. The fourth-order valence-corrected chi connectivity index (χ4v) is 4.18. The van der Waals surface area contributed by atoms with Gasteiger partial charge >= 0.3 is 0 Å². The summed E-state index contributed by atoms with van der Waals surface area (Å²) in [5, 5.41) is 16.3. The van der Waals surface area contributed by atoms with Crippen molar-refractivity contribution in [1.82, 2.24) is 4.72 Å². The number of benzene rings is 1. The van der Waals surface area contributed by atoms with Crippen LogP contribution in [0.3, 0.4) is 0 Å². The summed E-state index contributed by atoms with van der Waals surface area (Å²) in [7, 11) is -3.78. The summed E-state index contributed by atoms with van der Waals surface area (Å²) in [5.41, 5.74) is 0.00874. The molecule has 24 heavy (non-hydrogen) atoms. The number of hydrogen-bond donors (Lipinski definition) is 2. The van der Waals surface area contributed by atoms with E-state index in [1.165, 1.54) is 12.1 Å². The first-order chi connectivity index (χ1) is 11.2. The van der Waals surface area contributed by atoms with E-state index < -0.39 is 14.9 Å².